The van der Waals surface area contributed by atoms with Crippen molar-refractivity contribution in [2.75, 3.05) is 31.6 Å². The molecule has 0 bridgehead atoms. The van der Waals surface area contributed by atoms with Crippen molar-refractivity contribution < 1.29 is 9.90 Å². The maximum absolute atomic E-state index is 11.2. The van der Waals surface area contributed by atoms with Crippen LogP contribution >= 0.6 is 0 Å². The van der Waals surface area contributed by atoms with Crippen LogP contribution in [0, 0.1) is 0 Å². The Bertz CT molecular complexity index is 436. The molecule has 2 heterocycles. The molecule has 18 heavy (non-hydrogen) atoms. The number of anilines is 1. The average Bonchev–Trinajstić information content (AvgIpc) is 2.39. The minimum Gasteiger partial charge on any atom is -0.478 e. The van der Waals surface area contributed by atoms with Crippen LogP contribution in [-0.2, 0) is 0 Å². The third-order valence-electron chi connectivity index (χ3n) is 3.62. The van der Waals surface area contributed by atoms with Crippen LogP contribution in [0.1, 0.15) is 23.7 Å². The van der Waals surface area contributed by atoms with Crippen molar-refractivity contribution in [2.24, 2.45) is 0 Å². The summed E-state index contributed by atoms with van der Waals surface area (Å²) in [6.45, 7) is 4.85. The lowest BCUT2D eigenvalue weighted by atomic mass is 10.1. The number of aromatic nitrogens is 1. The smallest absolute Gasteiger partial charge is 0.339 e. The number of pyridine rings is 1. The number of aromatic carboxylic acids is 1. The second-order valence-corrected chi connectivity index (χ2v) is 4.69. The molecule has 1 fully saturated rings. The van der Waals surface area contributed by atoms with Gasteiger partial charge in [0.25, 0.3) is 0 Å². The van der Waals surface area contributed by atoms with E-state index in [-0.39, 0.29) is 5.56 Å². The molecule has 0 amide bonds. The monoisotopic (exact) mass is 249 g/mol. The topological polar surface area (TPSA) is 56.7 Å². The fourth-order valence-corrected chi connectivity index (χ4v) is 2.43. The first kappa shape index (κ1) is 12.8. The third kappa shape index (κ3) is 2.46. The lowest BCUT2D eigenvalue weighted by Gasteiger charge is -2.40. The van der Waals surface area contributed by atoms with Crippen molar-refractivity contribution in [2.45, 2.75) is 19.4 Å². The molecule has 5 heteroatoms. The van der Waals surface area contributed by atoms with Crippen LogP contribution in [0.4, 0.5) is 5.69 Å². The van der Waals surface area contributed by atoms with E-state index in [4.69, 9.17) is 0 Å². The van der Waals surface area contributed by atoms with Crippen LogP contribution < -0.4 is 4.90 Å². The molecule has 1 unspecified atom stereocenters. The van der Waals surface area contributed by atoms with Gasteiger partial charge in [-0.3, -0.25) is 9.88 Å². The Morgan fingerprint density at radius 1 is 1.56 bits per heavy atom. The second kappa shape index (κ2) is 5.35. The van der Waals surface area contributed by atoms with Crippen LogP contribution in [0.3, 0.4) is 0 Å². The van der Waals surface area contributed by atoms with Gasteiger partial charge in [-0.1, -0.05) is 6.92 Å². The second-order valence-electron chi connectivity index (χ2n) is 4.69. The molecule has 2 rings (SSSR count). The van der Waals surface area contributed by atoms with Gasteiger partial charge < -0.3 is 10.0 Å². The molecule has 1 saturated heterocycles. The first-order valence-corrected chi connectivity index (χ1v) is 6.26. The number of likely N-dealkylation sites (N-methyl/N-ethyl adjacent to an activating group) is 1. The van der Waals surface area contributed by atoms with Crippen LogP contribution in [-0.4, -0.2) is 53.7 Å². The van der Waals surface area contributed by atoms with Gasteiger partial charge in [-0.2, -0.15) is 0 Å². The summed E-state index contributed by atoms with van der Waals surface area (Å²) in [5.41, 5.74) is 1.07. The van der Waals surface area contributed by atoms with Crippen molar-refractivity contribution in [3.8, 4) is 0 Å². The summed E-state index contributed by atoms with van der Waals surface area (Å²) in [5, 5.41) is 9.19. The molecule has 1 aliphatic rings. The van der Waals surface area contributed by atoms with Crippen molar-refractivity contribution >= 4 is 11.7 Å². The fourth-order valence-electron chi connectivity index (χ4n) is 2.43. The maximum atomic E-state index is 11.2. The molecule has 1 aromatic heterocycles. The number of carboxylic acid groups (broad SMARTS) is 1. The fraction of sp³-hybridized carbons (Fsp3) is 0.538. The van der Waals surface area contributed by atoms with E-state index in [1.54, 1.807) is 12.3 Å². The summed E-state index contributed by atoms with van der Waals surface area (Å²) >= 11 is 0. The van der Waals surface area contributed by atoms with E-state index < -0.39 is 5.97 Å². The number of carboxylic acids is 1. The lowest BCUT2D eigenvalue weighted by Crippen LogP contribution is -2.51. The summed E-state index contributed by atoms with van der Waals surface area (Å²) < 4.78 is 0. The molecule has 1 aliphatic heterocycles. The van der Waals surface area contributed by atoms with E-state index in [2.05, 4.69) is 28.8 Å². The first-order chi connectivity index (χ1) is 8.63. The molecule has 1 aromatic rings. The minimum atomic E-state index is -0.912. The Hall–Kier alpha value is -1.62. The van der Waals surface area contributed by atoms with Crippen LogP contribution in [0.15, 0.2) is 18.5 Å². The largest absolute Gasteiger partial charge is 0.478 e. The highest BCUT2D eigenvalue weighted by Crippen LogP contribution is 2.23. The molecular weight excluding hydrogens is 230 g/mol. The van der Waals surface area contributed by atoms with Crippen LogP contribution in [0.2, 0.25) is 0 Å². The molecule has 0 spiro atoms. The number of hydrogen-bond donors (Lipinski definition) is 1. The normalized spacial score (nSPS) is 21.0. The van der Waals surface area contributed by atoms with Gasteiger partial charge in [0, 0.05) is 38.1 Å². The number of nitrogens with zero attached hydrogens (tertiary/aromatic N) is 3. The summed E-state index contributed by atoms with van der Waals surface area (Å²) in [7, 11) is 2.12. The van der Waals surface area contributed by atoms with Crippen molar-refractivity contribution in [1.29, 1.82) is 0 Å². The number of carbonyl (C=O) groups is 1. The summed E-state index contributed by atoms with van der Waals surface area (Å²) in [6.07, 6.45) is 4.15. The number of hydrogen-bond acceptors (Lipinski definition) is 4. The third-order valence-corrected chi connectivity index (χ3v) is 3.62. The summed E-state index contributed by atoms with van der Waals surface area (Å²) in [4.78, 5) is 19.6. The van der Waals surface area contributed by atoms with Crippen LogP contribution in [0.25, 0.3) is 0 Å². The Balaban J connectivity index is 2.24. The molecule has 0 radical (unpaired) electrons. The minimum absolute atomic E-state index is 0.289. The molecule has 0 saturated carbocycles. The van der Waals surface area contributed by atoms with Gasteiger partial charge >= 0.3 is 5.97 Å². The molecular formula is C13H19N3O2. The molecule has 1 N–H and O–H groups in total. The first-order valence-electron chi connectivity index (χ1n) is 6.26. The van der Waals surface area contributed by atoms with Gasteiger partial charge in [0.15, 0.2) is 0 Å². The van der Waals surface area contributed by atoms with E-state index in [1.807, 2.05) is 0 Å². The molecule has 0 aliphatic carbocycles. The van der Waals surface area contributed by atoms with Gasteiger partial charge in [-0.15, -0.1) is 0 Å². The highest BCUT2D eigenvalue weighted by molar-refractivity contribution is 5.94. The van der Waals surface area contributed by atoms with E-state index in [9.17, 15) is 9.90 Å². The summed E-state index contributed by atoms with van der Waals surface area (Å²) in [5.74, 6) is -0.912. The lowest BCUT2D eigenvalue weighted by molar-refractivity contribution is 0.0696. The predicted octanol–water partition coefficient (Wildman–Crippen LogP) is 1.31. The van der Waals surface area contributed by atoms with E-state index in [0.29, 0.717) is 6.04 Å². The van der Waals surface area contributed by atoms with Crippen molar-refractivity contribution in [3.05, 3.63) is 24.0 Å². The van der Waals surface area contributed by atoms with Crippen molar-refractivity contribution in [3.63, 3.8) is 0 Å². The highest BCUT2D eigenvalue weighted by Gasteiger charge is 2.25. The Morgan fingerprint density at radius 2 is 2.33 bits per heavy atom. The Labute approximate surface area is 107 Å². The van der Waals surface area contributed by atoms with E-state index in [0.717, 1.165) is 31.7 Å². The molecule has 5 nitrogen and oxygen atoms in total. The van der Waals surface area contributed by atoms with Crippen molar-refractivity contribution in [1.82, 2.24) is 9.88 Å². The standard InChI is InChI=1S/C13H19N3O2/c1-3-10-9-16(7-6-15(10)2)12-4-5-14-8-11(12)13(17)18/h4-5,8,10H,3,6-7,9H2,1-2H3,(H,17,18). The quantitative estimate of drug-likeness (QED) is 0.875. The van der Waals surface area contributed by atoms with Gasteiger partial charge in [0.1, 0.15) is 5.56 Å². The molecule has 98 valence electrons. The Morgan fingerprint density at radius 3 is 3.00 bits per heavy atom. The van der Waals surface area contributed by atoms with Gasteiger partial charge in [0.2, 0.25) is 0 Å². The van der Waals surface area contributed by atoms with Gasteiger partial charge in [0.05, 0.1) is 5.69 Å². The zero-order chi connectivity index (χ0) is 13.1. The van der Waals surface area contributed by atoms with E-state index in [1.165, 1.54) is 6.20 Å². The molecule has 1 atom stereocenters. The summed E-state index contributed by atoms with van der Waals surface area (Å²) in [6, 6.07) is 2.27. The SMILES string of the molecule is CCC1CN(c2ccncc2C(=O)O)CCN1C. The van der Waals surface area contributed by atoms with Gasteiger partial charge in [-0.25, -0.2) is 4.79 Å². The maximum Gasteiger partial charge on any atom is 0.339 e. The predicted molar refractivity (Wildman–Crippen MR) is 70.1 cm³/mol. The average molecular weight is 249 g/mol. The number of piperazine rings is 1. The van der Waals surface area contributed by atoms with E-state index >= 15 is 0 Å². The number of rotatable bonds is 3. The Kier molecular flexibility index (Phi) is 3.81. The van der Waals surface area contributed by atoms with Crippen LogP contribution in [0.5, 0.6) is 0 Å². The molecule has 0 aromatic carbocycles. The highest BCUT2D eigenvalue weighted by atomic mass is 16.4. The zero-order valence-electron chi connectivity index (χ0n) is 10.8. The van der Waals surface area contributed by atoms with Gasteiger partial charge in [-0.05, 0) is 19.5 Å². The zero-order valence-corrected chi connectivity index (χ0v) is 10.8.